The molecule has 130 valence electrons. The number of benzene rings is 2. The van der Waals surface area contributed by atoms with E-state index in [4.69, 9.17) is 4.74 Å². The van der Waals surface area contributed by atoms with Gasteiger partial charge in [-0.15, -0.1) is 0 Å². The Balaban J connectivity index is 1.85. The second-order valence-electron chi connectivity index (χ2n) is 5.24. The van der Waals surface area contributed by atoms with Crippen molar-refractivity contribution in [1.82, 2.24) is 0 Å². The van der Waals surface area contributed by atoms with E-state index < -0.39 is 24.5 Å². The first-order chi connectivity index (χ1) is 12.0. The van der Waals surface area contributed by atoms with Crippen molar-refractivity contribution in [2.24, 2.45) is 0 Å². The van der Waals surface area contributed by atoms with Crippen molar-refractivity contribution in [1.29, 1.82) is 0 Å². The number of rotatable bonds is 6. The minimum Gasteiger partial charge on any atom is -0.465 e. The van der Waals surface area contributed by atoms with Crippen LogP contribution in [0.25, 0.3) is 0 Å². The van der Waals surface area contributed by atoms with Gasteiger partial charge in [-0.2, -0.15) is 0 Å². The summed E-state index contributed by atoms with van der Waals surface area (Å²) in [6.07, 6.45) is 0.881. The van der Waals surface area contributed by atoms with E-state index in [1.807, 2.05) is 19.1 Å². The van der Waals surface area contributed by atoms with Crippen LogP contribution in [0.1, 0.15) is 33.2 Å². The maximum Gasteiger partial charge on any atom is 0.338 e. The molecule has 0 aliphatic carbocycles. The summed E-state index contributed by atoms with van der Waals surface area (Å²) in [6, 6.07) is 13.2. The Hall–Kier alpha value is -3.15. The van der Waals surface area contributed by atoms with E-state index >= 15 is 0 Å². The number of anilines is 1. The van der Waals surface area contributed by atoms with Gasteiger partial charge in [0.25, 0.3) is 5.91 Å². The first-order valence-corrected chi connectivity index (χ1v) is 7.77. The number of ether oxygens (including phenoxy) is 2. The molecule has 0 spiro atoms. The normalized spacial score (nSPS) is 10.0. The van der Waals surface area contributed by atoms with Crippen LogP contribution in [0.3, 0.4) is 0 Å². The smallest absolute Gasteiger partial charge is 0.338 e. The summed E-state index contributed by atoms with van der Waals surface area (Å²) in [7, 11) is 1.29. The summed E-state index contributed by atoms with van der Waals surface area (Å²) in [4.78, 5) is 35.1. The van der Waals surface area contributed by atoms with Crippen molar-refractivity contribution in [2.75, 3.05) is 19.0 Å². The van der Waals surface area contributed by atoms with Gasteiger partial charge in [0, 0.05) is 5.69 Å². The van der Waals surface area contributed by atoms with Crippen LogP contribution in [0, 0.1) is 0 Å². The molecule has 0 bridgehead atoms. The molecular formula is C19H19NO5. The van der Waals surface area contributed by atoms with Crippen molar-refractivity contribution in [3.05, 3.63) is 65.2 Å². The molecule has 25 heavy (non-hydrogen) atoms. The largest absolute Gasteiger partial charge is 0.465 e. The lowest BCUT2D eigenvalue weighted by atomic mass is 10.1. The highest BCUT2D eigenvalue weighted by atomic mass is 16.5. The van der Waals surface area contributed by atoms with Gasteiger partial charge >= 0.3 is 11.9 Å². The fourth-order valence-corrected chi connectivity index (χ4v) is 2.10. The molecule has 0 unspecified atom stereocenters. The number of hydrogen-bond donors (Lipinski definition) is 1. The Bertz CT molecular complexity index is 750. The molecule has 0 radical (unpaired) electrons. The third-order valence-corrected chi connectivity index (χ3v) is 3.52. The molecule has 2 aromatic carbocycles. The number of hydrogen-bond acceptors (Lipinski definition) is 5. The molecule has 0 saturated carbocycles. The van der Waals surface area contributed by atoms with E-state index in [-0.39, 0.29) is 0 Å². The van der Waals surface area contributed by atoms with Crippen LogP contribution in [0.15, 0.2) is 48.5 Å². The average molecular weight is 341 g/mol. The topological polar surface area (TPSA) is 81.7 Å². The van der Waals surface area contributed by atoms with Gasteiger partial charge in [0.2, 0.25) is 0 Å². The second-order valence-corrected chi connectivity index (χ2v) is 5.24. The van der Waals surface area contributed by atoms with Crippen LogP contribution < -0.4 is 5.32 Å². The molecule has 2 rings (SSSR count). The van der Waals surface area contributed by atoms with E-state index in [2.05, 4.69) is 10.1 Å². The summed E-state index contributed by atoms with van der Waals surface area (Å²) < 4.78 is 9.58. The summed E-state index contributed by atoms with van der Waals surface area (Å²) in [6.45, 7) is 1.63. The minimum atomic E-state index is -0.557. The van der Waals surface area contributed by atoms with Gasteiger partial charge in [-0.3, -0.25) is 4.79 Å². The molecule has 0 aromatic heterocycles. The molecule has 0 aliphatic rings. The quantitative estimate of drug-likeness (QED) is 0.817. The molecular weight excluding hydrogens is 322 g/mol. The zero-order valence-electron chi connectivity index (χ0n) is 14.1. The summed E-state index contributed by atoms with van der Waals surface area (Å²) in [5, 5.41) is 2.58. The lowest BCUT2D eigenvalue weighted by Crippen LogP contribution is -2.21. The maximum absolute atomic E-state index is 11.9. The zero-order chi connectivity index (χ0) is 18.2. The Morgan fingerprint density at radius 1 is 0.880 bits per heavy atom. The lowest BCUT2D eigenvalue weighted by molar-refractivity contribution is -0.119. The standard InChI is InChI=1S/C19H19NO5/c1-3-13-4-6-15(7-5-13)19(23)25-12-17(21)20-16-10-8-14(9-11-16)18(22)24-2/h4-11H,3,12H2,1-2H3,(H,20,21). The van der Waals surface area contributed by atoms with Gasteiger partial charge in [-0.25, -0.2) is 9.59 Å². The fraction of sp³-hybridized carbons (Fsp3) is 0.211. The highest BCUT2D eigenvalue weighted by Crippen LogP contribution is 2.11. The SMILES string of the molecule is CCc1ccc(C(=O)OCC(=O)Nc2ccc(C(=O)OC)cc2)cc1. The Labute approximate surface area is 145 Å². The van der Waals surface area contributed by atoms with Gasteiger partial charge in [0.05, 0.1) is 18.2 Å². The molecule has 6 heteroatoms. The van der Waals surface area contributed by atoms with Gasteiger partial charge in [0.15, 0.2) is 6.61 Å². The molecule has 0 heterocycles. The van der Waals surface area contributed by atoms with Crippen LogP contribution in [-0.4, -0.2) is 31.6 Å². The van der Waals surface area contributed by atoms with Crippen molar-refractivity contribution in [3.8, 4) is 0 Å². The Morgan fingerprint density at radius 2 is 1.44 bits per heavy atom. The lowest BCUT2D eigenvalue weighted by Gasteiger charge is -2.07. The summed E-state index contributed by atoms with van der Waals surface area (Å²) in [5.74, 6) is -1.48. The van der Waals surface area contributed by atoms with Crippen LogP contribution in [-0.2, 0) is 20.7 Å². The van der Waals surface area contributed by atoms with E-state index in [0.29, 0.717) is 16.8 Å². The van der Waals surface area contributed by atoms with E-state index in [1.54, 1.807) is 24.3 Å². The second kappa shape index (κ2) is 8.63. The molecule has 1 N–H and O–H groups in total. The average Bonchev–Trinajstić information content (AvgIpc) is 2.66. The minimum absolute atomic E-state index is 0.377. The monoisotopic (exact) mass is 341 g/mol. The molecule has 0 saturated heterocycles. The summed E-state index contributed by atoms with van der Waals surface area (Å²) in [5.41, 5.74) is 2.38. The number of nitrogens with one attached hydrogen (secondary N) is 1. The Kier molecular flexibility index (Phi) is 6.28. The molecule has 2 aromatic rings. The van der Waals surface area contributed by atoms with E-state index in [0.717, 1.165) is 12.0 Å². The molecule has 0 aliphatic heterocycles. The number of aryl methyl sites for hydroxylation is 1. The van der Waals surface area contributed by atoms with Crippen molar-refractivity contribution in [2.45, 2.75) is 13.3 Å². The molecule has 1 amide bonds. The third-order valence-electron chi connectivity index (χ3n) is 3.52. The maximum atomic E-state index is 11.9. The molecule has 0 fully saturated rings. The highest BCUT2D eigenvalue weighted by molar-refractivity contribution is 5.96. The first-order valence-electron chi connectivity index (χ1n) is 7.77. The zero-order valence-corrected chi connectivity index (χ0v) is 14.1. The van der Waals surface area contributed by atoms with Gasteiger partial charge in [-0.1, -0.05) is 19.1 Å². The van der Waals surface area contributed by atoms with Gasteiger partial charge < -0.3 is 14.8 Å². The summed E-state index contributed by atoms with van der Waals surface area (Å²) >= 11 is 0. The highest BCUT2D eigenvalue weighted by Gasteiger charge is 2.11. The van der Waals surface area contributed by atoms with Gasteiger partial charge in [-0.05, 0) is 48.4 Å². The number of methoxy groups -OCH3 is 1. The molecule has 0 atom stereocenters. The van der Waals surface area contributed by atoms with E-state index in [9.17, 15) is 14.4 Å². The Morgan fingerprint density at radius 3 is 2.00 bits per heavy atom. The van der Waals surface area contributed by atoms with Crippen LogP contribution >= 0.6 is 0 Å². The predicted molar refractivity (Wildman–Crippen MR) is 92.5 cm³/mol. The van der Waals surface area contributed by atoms with Crippen LogP contribution in [0.5, 0.6) is 0 Å². The fourth-order valence-electron chi connectivity index (χ4n) is 2.10. The number of esters is 2. The van der Waals surface area contributed by atoms with Gasteiger partial charge in [0.1, 0.15) is 0 Å². The molecule has 6 nitrogen and oxygen atoms in total. The number of carbonyl (C=O) groups excluding carboxylic acids is 3. The predicted octanol–water partition coefficient (Wildman–Crippen LogP) is 2.83. The first kappa shape index (κ1) is 18.2. The van der Waals surface area contributed by atoms with Crippen molar-refractivity contribution < 1.29 is 23.9 Å². The number of amides is 1. The third kappa shape index (κ3) is 5.17. The van der Waals surface area contributed by atoms with Crippen molar-refractivity contribution >= 4 is 23.5 Å². The number of carbonyl (C=O) groups is 3. The van der Waals surface area contributed by atoms with E-state index in [1.165, 1.54) is 19.2 Å². The van der Waals surface area contributed by atoms with Crippen LogP contribution in [0.4, 0.5) is 5.69 Å². The van der Waals surface area contributed by atoms with Crippen LogP contribution in [0.2, 0.25) is 0 Å². The van der Waals surface area contributed by atoms with Crippen molar-refractivity contribution in [3.63, 3.8) is 0 Å².